The summed E-state index contributed by atoms with van der Waals surface area (Å²) >= 11 is 0. The molecule has 1 aliphatic heterocycles. The molecule has 0 radical (unpaired) electrons. The number of hydrogen-bond donors (Lipinski definition) is 1. The lowest BCUT2D eigenvalue weighted by Gasteiger charge is -2.15. The number of carbonyl (C=O) groups excluding carboxylic acids is 2. The highest BCUT2D eigenvalue weighted by molar-refractivity contribution is 5.94. The normalized spacial score (nSPS) is 13.8. The summed E-state index contributed by atoms with van der Waals surface area (Å²) in [6.07, 6.45) is 1.58. The zero-order chi connectivity index (χ0) is 17.6. The van der Waals surface area contributed by atoms with Crippen molar-refractivity contribution in [2.24, 2.45) is 0 Å². The van der Waals surface area contributed by atoms with Crippen LogP contribution in [-0.4, -0.2) is 30.4 Å². The number of likely N-dealkylation sites (tertiary alicyclic amines) is 1. The third-order valence-corrected chi connectivity index (χ3v) is 4.39. The molecule has 1 saturated heterocycles. The van der Waals surface area contributed by atoms with Gasteiger partial charge in [-0.05, 0) is 30.2 Å². The second-order valence-corrected chi connectivity index (χ2v) is 6.11. The second-order valence-electron chi connectivity index (χ2n) is 6.11. The largest absolute Gasteiger partial charge is 0.496 e. The summed E-state index contributed by atoms with van der Waals surface area (Å²) in [5.41, 5.74) is 2.57. The van der Waals surface area contributed by atoms with Crippen molar-refractivity contribution in [3.8, 4) is 5.75 Å². The maximum Gasteiger partial charge on any atom is 0.251 e. The van der Waals surface area contributed by atoms with Crippen molar-refractivity contribution in [3.63, 3.8) is 0 Å². The highest BCUT2D eigenvalue weighted by Crippen LogP contribution is 2.17. The molecule has 2 aromatic carbocycles. The minimum Gasteiger partial charge on any atom is -0.496 e. The van der Waals surface area contributed by atoms with Crippen LogP contribution in [0.25, 0.3) is 0 Å². The molecular formula is C20H22N2O3. The second kappa shape index (κ2) is 7.83. The van der Waals surface area contributed by atoms with Gasteiger partial charge in [0, 0.05) is 37.2 Å². The zero-order valence-corrected chi connectivity index (χ0v) is 14.3. The number of benzene rings is 2. The van der Waals surface area contributed by atoms with Crippen LogP contribution in [0.1, 0.15) is 34.3 Å². The van der Waals surface area contributed by atoms with Crippen molar-refractivity contribution in [1.29, 1.82) is 0 Å². The van der Waals surface area contributed by atoms with E-state index in [-0.39, 0.29) is 11.8 Å². The SMILES string of the molecule is COc1ccccc1CNC(=O)c1ccc(CN2CCCC2=O)cc1. The summed E-state index contributed by atoms with van der Waals surface area (Å²) in [7, 11) is 1.62. The minimum absolute atomic E-state index is 0.130. The molecular weight excluding hydrogens is 316 g/mol. The van der Waals surface area contributed by atoms with Crippen LogP contribution < -0.4 is 10.1 Å². The molecule has 1 heterocycles. The van der Waals surface area contributed by atoms with Gasteiger partial charge in [-0.1, -0.05) is 30.3 Å². The highest BCUT2D eigenvalue weighted by atomic mass is 16.5. The standard InChI is InChI=1S/C20H22N2O3/c1-25-18-6-3-2-5-17(18)13-21-20(24)16-10-8-15(9-11-16)14-22-12-4-7-19(22)23/h2-3,5-6,8-11H,4,7,12-14H2,1H3,(H,21,24). The van der Waals surface area contributed by atoms with E-state index in [1.807, 2.05) is 41.3 Å². The Balaban J connectivity index is 1.58. The fourth-order valence-corrected chi connectivity index (χ4v) is 2.98. The van der Waals surface area contributed by atoms with Gasteiger partial charge in [-0.15, -0.1) is 0 Å². The summed E-state index contributed by atoms with van der Waals surface area (Å²) in [4.78, 5) is 25.8. The van der Waals surface area contributed by atoms with Crippen LogP contribution in [-0.2, 0) is 17.9 Å². The van der Waals surface area contributed by atoms with Crippen molar-refractivity contribution in [3.05, 3.63) is 65.2 Å². The van der Waals surface area contributed by atoms with E-state index in [4.69, 9.17) is 4.74 Å². The van der Waals surface area contributed by atoms with E-state index >= 15 is 0 Å². The molecule has 1 N–H and O–H groups in total. The molecule has 0 unspecified atom stereocenters. The number of methoxy groups -OCH3 is 1. The Morgan fingerprint density at radius 2 is 1.92 bits per heavy atom. The van der Waals surface area contributed by atoms with Crippen LogP contribution in [0.4, 0.5) is 0 Å². The number of nitrogens with zero attached hydrogens (tertiary/aromatic N) is 1. The van der Waals surface area contributed by atoms with Crippen LogP contribution in [0.5, 0.6) is 5.75 Å². The van der Waals surface area contributed by atoms with E-state index < -0.39 is 0 Å². The summed E-state index contributed by atoms with van der Waals surface area (Å²) in [6.45, 7) is 1.84. The van der Waals surface area contributed by atoms with Crippen molar-refractivity contribution < 1.29 is 14.3 Å². The Morgan fingerprint density at radius 3 is 2.60 bits per heavy atom. The van der Waals surface area contributed by atoms with Crippen molar-refractivity contribution >= 4 is 11.8 Å². The van der Waals surface area contributed by atoms with Crippen LogP contribution in [0.15, 0.2) is 48.5 Å². The van der Waals surface area contributed by atoms with E-state index in [0.717, 1.165) is 29.8 Å². The van der Waals surface area contributed by atoms with Gasteiger partial charge in [0.1, 0.15) is 5.75 Å². The number of rotatable bonds is 6. The van der Waals surface area contributed by atoms with E-state index in [9.17, 15) is 9.59 Å². The van der Waals surface area contributed by atoms with Gasteiger partial charge in [-0.3, -0.25) is 9.59 Å². The average Bonchev–Trinajstić information content (AvgIpc) is 3.05. The number of para-hydroxylation sites is 1. The molecule has 0 aliphatic carbocycles. The van der Waals surface area contributed by atoms with Crippen LogP contribution in [0.2, 0.25) is 0 Å². The van der Waals surface area contributed by atoms with Crippen LogP contribution in [0, 0.1) is 0 Å². The average molecular weight is 338 g/mol. The first-order chi connectivity index (χ1) is 12.2. The van der Waals surface area contributed by atoms with E-state index in [1.165, 1.54) is 0 Å². The van der Waals surface area contributed by atoms with Gasteiger partial charge in [0.15, 0.2) is 0 Å². The molecule has 0 atom stereocenters. The van der Waals surface area contributed by atoms with Gasteiger partial charge in [0.2, 0.25) is 5.91 Å². The summed E-state index contributed by atoms with van der Waals surface area (Å²) in [6, 6.07) is 15.0. The van der Waals surface area contributed by atoms with Crippen molar-refractivity contribution in [2.45, 2.75) is 25.9 Å². The fraction of sp³-hybridized carbons (Fsp3) is 0.300. The molecule has 3 rings (SSSR count). The first kappa shape index (κ1) is 17.0. The van der Waals surface area contributed by atoms with Gasteiger partial charge in [0.05, 0.1) is 7.11 Å². The van der Waals surface area contributed by atoms with Crippen molar-refractivity contribution in [2.75, 3.05) is 13.7 Å². The van der Waals surface area contributed by atoms with Crippen LogP contribution >= 0.6 is 0 Å². The lowest BCUT2D eigenvalue weighted by Crippen LogP contribution is -2.24. The van der Waals surface area contributed by atoms with E-state index in [1.54, 1.807) is 19.2 Å². The quantitative estimate of drug-likeness (QED) is 0.881. The first-order valence-electron chi connectivity index (χ1n) is 8.44. The molecule has 2 aromatic rings. The van der Waals surface area contributed by atoms with E-state index in [2.05, 4.69) is 5.32 Å². The number of hydrogen-bond acceptors (Lipinski definition) is 3. The van der Waals surface area contributed by atoms with Crippen molar-refractivity contribution in [1.82, 2.24) is 10.2 Å². The molecule has 1 fully saturated rings. The lowest BCUT2D eigenvalue weighted by atomic mass is 10.1. The summed E-state index contributed by atoms with van der Waals surface area (Å²) < 4.78 is 5.29. The molecule has 5 nitrogen and oxygen atoms in total. The number of amides is 2. The lowest BCUT2D eigenvalue weighted by molar-refractivity contribution is -0.128. The number of ether oxygens (including phenoxy) is 1. The molecule has 0 bridgehead atoms. The Morgan fingerprint density at radius 1 is 1.16 bits per heavy atom. The Bertz CT molecular complexity index is 756. The molecule has 25 heavy (non-hydrogen) atoms. The van der Waals surface area contributed by atoms with Crippen LogP contribution in [0.3, 0.4) is 0 Å². The molecule has 0 spiro atoms. The smallest absolute Gasteiger partial charge is 0.251 e. The third-order valence-electron chi connectivity index (χ3n) is 4.39. The molecule has 130 valence electrons. The molecule has 0 aromatic heterocycles. The monoisotopic (exact) mass is 338 g/mol. The Kier molecular flexibility index (Phi) is 5.33. The summed E-state index contributed by atoms with van der Waals surface area (Å²) in [5.74, 6) is 0.835. The molecule has 5 heteroatoms. The van der Waals surface area contributed by atoms with Gasteiger partial charge >= 0.3 is 0 Å². The van der Waals surface area contributed by atoms with E-state index in [0.29, 0.717) is 25.1 Å². The van der Waals surface area contributed by atoms with Gasteiger partial charge in [0.25, 0.3) is 5.91 Å². The molecule has 2 amide bonds. The Hall–Kier alpha value is -2.82. The van der Waals surface area contributed by atoms with Gasteiger partial charge in [-0.25, -0.2) is 0 Å². The predicted octanol–water partition coefficient (Wildman–Crippen LogP) is 2.75. The van der Waals surface area contributed by atoms with Gasteiger partial charge in [-0.2, -0.15) is 0 Å². The minimum atomic E-state index is -0.130. The maximum absolute atomic E-state index is 12.3. The Labute approximate surface area is 147 Å². The third kappa shape index (κ3) is 4.18. The summed E-state index contributed by atoms with van der Waals surface area (Å²) in [5, 5.41) is 2.91. The van der Waals surface area contributed by atoms with Gasteiger partial charge < -0.3 is 15.0 Å². The first-order valence-corrected chi connectivity index (χ1v) is 8.44. The molecule has 0 saturated carbocycles. The predicted molar refractivity (Wildman–Crippen MR) is 95.3 cm³/mol. The number of nitrogens with one attached hydrogen (secondary N) is 1. The molecule has 1 aliphatic rings. The maximum atomic E-state index is 12.3. The topological polar surface area (TPSA) is 58.6 Å². The zero-order valence-electron chi connectivity index (χ0n) is 14.3. The fourth-order valence-electron chi connectivity index (χ4n) is 2.98. The number of carbonyl (C=O) groups is 2. The highest BCUT2D eigenvalue weighted by Gasteiger charge is 2.20.